The van der Waals surface area contributed by atoms with E-state index in [0.717, 1.165) is 12.1 Å². The van der Waals surface area contributed by atoms with E-state index in [1.807, 2.05) is 0 Å². The van der Waals surface area contributed by atoms with Crippen molar-refractivity contribution in [3.63, 3.8) is 0 Å². The lowest BCUT2D eigenvalue weighted by atomic mass is 9.93. The Hall–Kier alpha value is -4.31. The highest BCUT2D eigenvalue weighted by atomic mass is 19.2. The largest absolute Gasteiger partial charge is 0.458 e. The molecule has 0 radical (unpaired) electrons. The molecule has 0 saturated heterocycles. The van der Waals surface area contributed by atoms with Crippen molar-refractivity contribution < 1.29 is 32.9 Å². The van der Waals surface area contributed by atoms with E-state index in [1.54, 1.807) is 18.2 Å². The Labute approximate surface area is 194 Å². The molecule has 3 aliphatic rings. The van der Waals surface area contributed by atoms with Gasteiger partial charge in [0.25, 0.3) is 5.56 Å². The predicted molar refractivity (Wildman–Crippen MR) is 117 cm³/mol. The van der Waals surface area contributed by atoms with Gasteiger partial charge >= 0.3 is 5.97 Å². The van der Waals surface area contributed by atoms with E-state index in [4.69, 9.17) is 19.2 Å². The summed E-state index contributed by atoms with van der Waals surface area (Å²) >= 11 is 0. The zero-order valence-corrected chi connectivity index (χ0v) is 17.8. The number of carbonyl (C=O) groups excluding carboxylic acids is 1. The van der Waals surface area contributed by atoms with E-state index >= 15 is 0 Å². The number of rotatable bonds is 1. The maximum absolute atomic E-state index is 14.3. The van der Waals surface area contributed by atoms with Gasteiger partial charge in [-0.05, 0) is 35.4 Å². The summed E-state index contributed by atoms with van der Waals surface area (Å²) in [5.74, 6) is -1.84. The van der Waals surface area contributed by atoms with Gasteiger partial charge in [-0.3, -0.25) is 4.79 Å². The lowest BCUT2D eigenvalue weighted by Crippen LogP contribution is -2.32. The number of aliphatic hydroxyl groups is 1. The topological polar surface area (TPSA) is 99.9 Å². The van der Waals surface area contributed by atoms with Gasteiger partial charge in [0.1, 0.15) is 6.61 Å². The Balaban J connectivity index is 1.56. The monoisotopic (exact) mass is 476 g/mol. The number of halogens is 2. The zero-order chi connectivity index (χ0) is 24.0. The van der Waals surface area contributed by atoms with Crippen molar-refractivity contribution in [3.05, 3.63) is 75.1 Å². The summed E-state index contributed by atoms with van der Waals surface area (Å²) in [4.78, 5) is 30.0. The van der Waals surface area contributed by atoms with Crippen LogP contribution >= 0.6 is 0 Å². The molecule has 174 valence electrons. The predicted octanol–water partition coefficient (Wildman–Crippen LogP) is 3.19. The van der Waals surface area contributed by atoms with Gasteiger partial charge in [0.15, 0.2) is 29.2 Å². The van der Waals surface area contributed by atoms with Gasteiger partial charge in [0, 0.05) is 22.6 Å². The summed E-state index contributed by atoms with van der Waals surface area (Å²) in [5.41, 5.74) is 2.85. The van der Waals surface area contributed by atoms with Crippen LogP contribution in [0.1, 0.15) is 22.8 Å². The fraction of sp³-hybridized carbons (Fsp3) is 0.160. The number of hydrogen-bond donors (Lipinski definition) is 1. The van der Waals surface area contributed by atoms with Crippen LogP contribution in [0.2, 0.25) is 0 Å². The van der Waals surface area contributed by atoms with Crippen molar-refractivity contribution in [1.29, 1.82) is 0 Å². The molecule has 4 aromatic rings. The molecule has 2 aromatic heterocycles. The molecule has 0 saturated carbocycles. The maximum atomic E-state index is 14.3. The number of hydrogen-bond acceptors (Lipinski definition) is 7. The number of pyridine rings is 2. The second-order valence-electron chi connectivity index (χ2n) is 8.53. The number of fused-ring (bicyclic) bond motifs is 6. The molecule has 0 amide bonds. The van der Waals surface area contributed by atoms with Gasteiger partial charge in [-0.25, -0.2) is 18.6 Å². The van der Waals surface area contributed by atoms with Crippen LogP contribution in [0, 0.1) is 11.6 Å². The van der Waals surface area contributed by atoms with Crippen LogP contribution in [0.5, 0.6) is 11.5 Å². The maximum Gasteiger partial charge on any atom is 0.340 e. The molecular weight excluding hydrogens is 462 g/mol. The number of benzene rings is 2. The number of nitrogens with zero attached hydrogens (tertiary/aromatic N) is 2. The first kappa shape index (κ1) is 20.1. The number of cyclic esters (lactones) is 1. The summed E-state index contributed by atoms with van der Waals surface area (Å²) in [5, 5.41) is 11.0. The van der Waals surface area contributed by atoms with Crippen molar-refractivity contribution in [2.24, 2.45) is 0 Å². The van der Waals surface area contributed by atoms with Crippen molar-refractivity contribution in [2.75, 3.05) is 6.79 Å². The fourth-order valence-corrected chi connectivity index (χ4v) is 5.00. The number of aliphatic hydroxyl groups excluding tert-OH is 1. The lowest BCUT2D eigenvalue weighted by molar-refractivity contribution is -0.157. The van der Waals surface area contributed by atoms with E-state index in [1.165, 1.54) is 10.6 Å². The second kappa shape index (κ2) is 6.86. The quantitative estimate of drug-likeness (QED) is 0.371. The molecule has 1 atom stereocenters. The van der Waals surface area contributed by atoms with E-state index in [2.05, 4.69) is 0 Å². The Morgan fingerprint density at radius 2 is 1.77 bits per heavy atom. The molecule has 10 heteroatoms. The number of esters is 1. The van der Waals surface area contributed by atoms with Gasteiger partial charge in [-0.15, -0.1) is 0 Å². The highest BCUT2D eigenvalue weighted by Gasteiger charge is 2.35. The van der Waals surface area contributed by atoms with Crippen molar-refractivity contribution >= 4 is 16.9 Å². The highest BCUT2D eigenvalue weighted by Crippen LogP contribution is 2.45. The molecule has 0 fully saturated rings. The first-order valence-electron chi connectivity index (χ1n) is 10.7. The van der Waals surface area contributed by atoms with E-state index in [-0.39, 0.29) is 31.1 Å². The molecule has 2 aromatic carbocycles. The van der Waals surface area contributed by atoms with Crippen LogP contribution < -0.4 is 15.0 Å². The fourth-order valence-electron chi connectivity index (χ4n) is 5.00. The first-order chi connectivity index (χ1) is 16.9. The Morgan fingerprint density at radius 1 is 0.971 bits per heavy atom. The average Bonchev–Trinajstić information content (AvgIpc) is 3.45. The molecule has 0 spiro atoms. The summed E-state index contributed by atoms with van der Waals surface area (Å²) in [6, 6.07) is 8.59. The molecule has 0 bridgehead atoms. The third-order valence-corrected chi connectivity index (χ3v) is 6.66. The summed E-state index contributed by atoms with van der Waals surface area (Å²) in [6.45, 7) is -0.0930. The van der Waals surface area contributed by atoms with E-state index in [0.29, 0.717) is 50.5 Å². The summed E-state index contributed by atoms with van der Waals surface area (Å²) < 4.78 is 45.5. The minimum absolute atomic E-state index is 0.0459. The van der Waals surface area contributed by atoms with Crippen molar-refractivity contribution in [2.45, 2.75) is 19.3 Å². The highest BCUT2D eigenvalue weighted by molar-refractivity contribution is 6.01. The van der Waals surface area contributed by atoms with Gasteiger partial charge in [-0.1, -0.05) is 6.07 Å². The standard InChI is InChI=1S/C25H14F2N2O6/c26-15-2-1-10(3-16(15)27)21-12-5-19-20(35-9-34-19)6-17(12)28-22-13(21)7-29-18(22)4-11-14(24(29)31)8-33-25(32)23(11)30/h1-6,23,30H,7-9H2. The summed E-state index contributed by atoms with van der Waals surface area (Å²) in [7, 11) is 0. The van der Waals surface area contributed by atoms with Crippen LogP contribution in [0.4, 0.5) is 8.78 Å². The van der Waals surface area contributed by atoms with Gasteiger partial charge in [0.05, 0.1) is 29.0 Å². The van der Waals surface area contributed by atoms with Crippen LogP contribution in [-0.4, -0.2) is 27.4 Å². The van der Waals surface area contributed by atoms with E-state index < -0.39 is 29.3 Å². The van der Waals surface area contributed by atoms with Gasteiger partial charge in [-0.2, -0.15) is 0 Å². The SMILES string of the molecule is O=C1OCc2c(cc3n(c2=O)Cc2c-3nc3cc4c(cc3c2-c2ccc(F)c(F)c2)OCO4)C1O. The van der Waals surface area contributed by atoms with Crippen LogP contribution in [0.25, 0.3) is 33.4 Å². The molecule has 0 aliphatic carbocycles. The Kier molecular flexibility index (Phi) is 3.94. The normalized spacial score (nSPS) is 17.2. The summed E-state index contributed by atoms with van der Waals surface area (Å²) in [6.07, 6.45) is -1.58. The lowest BCUT2D eigenvalue weighted by Gasteiger charge is -2.21. The number of aromatic nitrogens is 2. The van der Waals surface area contributed by atoms with Crippen LogP contribution in [0.3, 0.4) is 0 Å². The van der Waals surface area contributed by atoms with Crippen LogP contribution in [-0.2, 0) is 22.7 Å². The molecular formula is C25H14F2N2O6. The first-order valence-corrected chi connectivity index (χ1v) is 10.7. The molecule has 5 heterocycles. The molecule has 1 N–H and O–H groups in total. The molecule has 35 heavy (non-hydrogen) atoms. The molecule has 1 unspecified atom stereocenters. The molecule has 8 nitrogen and oxygen atoms in total. The molecule has 3 aliphatic heterocycles. The van der Waals surface area contributed by atoms with E-state index in [9.17, 15) is 23.5 Å². The van der Waals surface area contributed by atoms with Gasteiger partial charge in [0.2, 0.25) is 6.79 Å². The van der Waals surface area contributed by atoms with Crippen molar-refractivity contribution in [3.8, 4) is 34.0 Å². The average molecular weight is 476 g/mol. The minimum Gasteiger partial charge on any atom is -0.458 e. The Morgan fingerprint density at radius 3 is 2.57 bits per heavy atom. The molecule has 7 rings (SSSR count). The zero-order valence-electron chi connectivity index (χ0n) is 17.8. The Bertz CT molecular complexity index is 1700. The third kappa shape index (κ3) is 2.71. The number of ether oxygens (including phenoxy) is 3. The number of carbonyl (C=O) groups is 1. The third-order valence-electron chi connectivity index (χ3n) is 6.66. The van der Waals surface area contributed by atoms with Gasteiger partial charge < -0.3 is 23.9 Å². The van der Waals surface area contributed by atoms with Crippen molar-refractivity contribution in [1.82, 2.24) is 9.55 Å². The van der Waals surface area contributed by atoms with Crippen LogP contribution in [0.15, 0.2) is 41.2 Å². The minimum atomic E-state index is -1.58. The second-order valence-corrected chi connectivity index (χ2v) is 8.53. The smallest absolute Gasteiger partial charge is 0.340 e.